The molecule has 0 aromatic heterocycles. The molecule has 0 radical (unpaired) electrons. The van der Waals surface area contributed by atoms with Crippen LogP contribution in [-0.4, -0.2) is 11.9 Å². The molecule has 3 rings (SSSR count). The maximum atomic E-state index is 9.21. The number of hydrogen-bond acceptors (Lipinski definition) is 3. The lowest BCUT2D eigenvalue weighted by Gasteiger charge is -2.03. The van der Waals surface area contributed by atoms with Crippen molar-refractivity contribution in [3.63, 3.8) is 0 Å². The van der Waals surface area contributed by atoms with Crippen molar-refractivity contribution in [2.75, 3.05) is 6.79 Å². The van der Waals surface area contributed by atoms with Crippen LogP contribution >= 0.6 is 0 Å². The number of phenols is 1. The van der Waals surface area contributed by atoms with Crippen LogP contribution in [0.5, 0.6) is 17.2 Å². The molecule has 1 heterocycles. The number of hydrogen-bond donors (Lipinski definition) is 1. The molecular formula is C13H10O3. The summed E-state index contributed by atoms with van der Waals surface area (Å²) in [4.78, 5) is 0. The molecule has 0 saturated carbocycles. The summed E-state index contributed by atoms with van der Waals surface area (Å²) in [6.45, 7) is 0.286. The van der Waals surface area contributed by atoms with Crippen LogP contribution in [0.15, 0.2) is 42.5 Å². The molecule has 0 amide bonds. The maximum Gasteiger partial charge on any atom is 0.231 e. The van der Waals surface area contributed by atoms with E-state index in [1.54, 1.807) is 12.1 Å². The molecule has 0 unspecified atom stereocenters. The van der Waals surface area contributed by atoms with Gasteiger partial charge in [-0.2, -0.15) is 0 Å². The summed E-state index contributed by atoms with van der Waals surface area (Å²) < 4.78 is 10.6. The van der Waals surface area contributed by atoms with E-state index in [0.717, 1.165) is 22.6 Å². The van der Waals surface area contributed by atoms with Crippen molar-refractivity contribution in [3.05, 3.63) is 42.5 Å². The molecule has 1 N–H and O–H groups in total. The summed E-state index contributed by atoms with van der Waals surface area (Å²) in [6, 6.07) is 12.9. The van der Waals surface area contributed by atoms with Crippen molar-refractivity contribution in [2.24, 2.45) is 0 Å². The van der Waals surface area contributed by atoms with E-state index in [1.165, 1.54) is 0 Å². The fourth-order valence-corrected chi connectivity index (χ4v) is 1.73. The predicted octanol–water partition coefficient (Wildman–Crippen LogP) is 2.79. The van der Waals surface area contributed by atoms with Crippen LogP contribution in [0.1, 0.15) is 0 Å². The first kappa shape index (κ1) is 9.09. The number of ether oxygens (including phenoxy) is 2. The van der Waals surface area contributed by atoms with Gasteiger partial charge in [-0.1, -0.05) is 18.2 Å². The van der Waals surface area contributed by atoms with Crippen LogP contribution < -0.4 is 9.47 Å². The molecule has 1 aliphatic heterocycles. The van der Waals surface area contributed by atoms with Crippen molar-refractivity contribution in [1.29, 1.82) is 0 Å². The van der Waals surface area contributed by atoms with Gasteiger partial charge in [-0.25, -0.2) is 0 Å². The molecule has 0 aliphatic carbocycles. The van der Waals surface area contributed by atoms with Crippen molar-refractivity contribution in [3.8, 4) is 28.4 Å². The second-order valence-electron chi connectivity index (χ2n) is 3.61. The van der Waals surface area contributed by atoms with Gasteiger partial charge in [0.25, 0.3) is 0 Å². The van der Waals surface area contributed by atoms with Crippen molar-refractivity contribution in [1.82, 2.24) is 0 Å². The third-order valence-electron chi connectivity index (χ3n) is 2.57. The number of phenolic OH excluding ortho intramolecular Hbond substituents is 1. The van der Waals surface area contributed by atoms with Gasteiger partial charge in [0, 0.05) is 0 Å². The normalized spacial score (nSPS) is 12.8. The van der Waals surface area contributed by atoms with Crippen LogP contribution in [0.2, 0.25) is 0 Å². The van der Waals surface area contributed by atoms with E-state index in [2.05, 4.69) is 0 Å². The minimum atomic E-state index is 0.268. The third kappa shape index (κ3) is 1.46. The first-order valence-electron chi connectivity index (χ1n) is 5.02. The Kier molecular flexibility index (Phi) is 1.96. The van der Waals surface area contributed by atoms with Gasteiger partial charge in [-0.15, -0.1) is 0 Å². The van der Waals surface area contributed by atoms with Gasteiger partial charge in [0.05, 0.1) is 0 Å². The lowest BCUT2D eigenvalue weighted by atomic mass is 10.1. The van der Waals surface area contributed by atoms with Gasteiger partial charge >= 0.3 is 0 Å². The molecule has 16 heavy (non-hydrogen) atoms. The Balaban J connectivity index is 2.03. The van der Waals surface area contributed by atoms with Gasteiger partial charge in [-0.3, -0.25) is 0 Å². The maximum absolute atomic E-state index is 9.21. The van der Waals surface area contributed by atoms with Crippen molar-refractivity contribution >= 4 is 0 Å². The molecule has 2 aromatic rings. The third-order valence-corrected chi connectivity index (χ3v) is 2.57. The lowest BCUT2D eigenvalue weighted by Crippen LogP contribution is -1.92. The quantitative estimate of drug-likeness (QED) is 0.793. The summed E-state index contributed by atoms with van der Waals surface area (Å²) in [6.07, 6.45) is 0. The second-order valence-corrected chi connectivity index (χ2v) is 3.61. The van der Waals surface area contributed by atoms with Crippen LogP contribution in [0, 0.1) is 0 Å². The molecule has 0 saturated heterocycles. The molecular weight excluding hydrogens is 204 g/mol. The SMILES string of the molecule is Oc1ccc(-c2ccc3c(c2)OCO3)cc1. The average molecular weight is 214 g/mol. The molecule has 0 spiro atoms. The van der Waals surface area contributed by atoms with E-state index in [9.17, 15) is 5.11 Å². The first-order valence-corrected chi connectivity index (χ1v) is 5.02. The zero-order valence-electron chi connectivity index (χ0n) is 8.51. The van der Waals surface area contributed by atoms with Crippen LogP contribution in [0.25, 0.3) is 11.1 Å². The summed E-state index contributed by atoms with van der Waals surface area (Å²) in [7, 11) is 0. The highest BCUT2D eigenvalue weighted by Crippen LogP contribution is 2.36. The Bertz CT molecular complexity index is 517. The molecule has 0 bridgehead atoms. The van der Waals surface area contributed by atoms with Gasteiger partial charge < -0.3 is 14.6 Å². The van der Waals surface area contributed by atoms with E-state index in [4.69, 9.17) is 9.47 Å². The van der Waals surface area contributed by atoms with E-state index in [0.29, 0.717) is 0 Å². The topological polar surface area (TPSA) is 38.7 Å². The zero-order valence-corrected chi connectivity index (χ0v) is 8.51. The minimum Gasteiger partial charge on any atom is -0.508 e. The van der Waals surface area contributed by atoms with E-state index in [1.807, 2.05) is 30.3 Å². The van der Waals surface area contributed by atoms with Gasteiger partial charge in [-0.05, 0) is 35.4 Å². The fraction of sp³-hybridized carbons (Fsp3) is 0.0769. The highest BCUT2D eigenvalue weighted by atomic mass is 16.7. The number of benzene rings is 2. The van der Waals surface area contributed by atoms with Gasteiger partial charge in [0.15, 0.2) is 11.5 Å². The second kappa shape index (κ2) is 3.45. The molecule has 0 fully saturated rings. The molecule has 3 nitrogen and oxygen atoms in total. The number of rotatable bonds is 1. The van der Waals surface area contributed by atoms with Crippen LogP contribution in [0.3, 0.4) is 0 Å². The molecule has 2 aromatic carbocycles. The summed E-state index contributed by atoms with van der Waals surface area (Å²) in [5.41, 5.74) is 2.08. The Labute approximate surface area is 92.9 Å². The highest BCUT2D eigenvalue weighted by Gasteiger charge is 2.13. The Hall–Kier alpha value is -2.16. The van der Waals surface area contributed by atoms with Crippen LogP contribution in [0.4, 0.5) is 0 Å². The number of fused-ring (bicyclic) bond motifs is 1. The highest BCUT2D eigenvalue weighted by molar-refractivity contribution is 5.68. The largest absolute Gasteiger partial charge is 0.508 e. The monoisotopic (exact) mass is 214 g/mol. The predicted molar refractivity (Wildman–Crippen MR) is 59.7 cm³/mol. The molecule has 80 valence electrons. The molecule has 0 atom stereocenters. The average Bonchev–Trinajstić information content (AvgIpc) is 2.77. The lowest BCUT2D eigenvalue weighted by molar-refractivity contribution is 0.174. The van der Waals surface area contributed by atoms with Gasteiger partial charge in [0.1, 0.15) is 5.75 Å². The molecule has 3 heteroatoms. The van der Waals surface area contributed by atoms with Crippen LogP contribution in [-0.2, 0) is 0 Å². The molecule has 1 aliphatic rings. The smallest absolute Gasteiger partial charge is 0.231 e. The van der Waals surface area contributed by atoms with Crippen molar-refractivity contribution in [2.45, 2.75) is 0 Å². The first-order chi connectivity index (χ1) is 7.83. The fourth-order valence-electron chi connectivity index (χ4n) is 1.73. The minimum absolute atomic E-state index is 0.268. The van der Waals surface area contributed by atoms with E-state index < -0.39 is 0 Å². The van der Waals surface area contributed by atoms with E-state index >= 15 is 0 Å². The van der Waals surface area contributed by atoms with Gasteiger partial charge in [0.2, 0.25) is 6.79 Å². The Morgan fingerprint density at radius 1 is 0.812 bits per heavy atom. The summed E-state index contributed by atoms with van der Waals surface area (Å²) in [5.74, 6) is 1.82. The number of aromatic hydroxyl groups is 1. The Morgan fingerprint density at radius 3 is 2.31 bits per heavy atom. The summed E-state index contributed by atoms with van der Waals surface area (Å²) >= 11 is 0. The van der Waals surface area contributed by atoms with E-state index in [-0.39, 0.29) is 12.5 Å². The standard InChI is InChI=1S/C13H10O3/c14-11-4-1-9(2-5-11)10-3-6-12-13(7-10)16-8-15-12/h1-7,14H,8H2. The zero-order chi connectivity index (χ0) is 11.0. The Morgan fingerprint density at radius 2 is 1.50 bits per heavy atom. The van der Waals surface area contributed by atoms with Crippen molar-refractivity contribution < 1.29 is 14.6 Å². The summed E-state index contributed by atoms with van der Waals surface area (Å²) in [5, 5.41) is 9.21.